The normalized spacial score (nSPS) is 10.5. The standard InChI is InChI=1S/C15H15BrClNO2S/c1-3-18(9-11-5-7-14(17)21-11)15(19)12-6-4-10(16)8-13(12)20-2/h4-8H,3,9H2,1-2H3. The van der Waals surface area contributed by atoms with Crippen molar-refractivity contribution in [2.45, 2.75) is 13.5 Å². The van der Waals surface area contributed by atoms with Crippen LogP contribution in [-0.4, -0.2) is 24.5 Å². The third-order valence-electron chi connectivity index (χ3n) is 3.04. The van der Waals surface area contributed by atoms with Gasteiger partial charge in [0.25, 0.3) is 5.91 Å². The van der Waals surface area contributed by atoms with Gasteiger partial charge in [-0.1, -0.05) is 27.5 Å². The second-order valence-electron chi connectivity index (χ2n) is 4.37. The van der Waals surface area contributed by atoms with E-state index in [-0.39, 0.29) is 5.91 Å². The van der Waals surface area contributed by atoms with E-state index in [4.69, 9.17) is 16.3 Å². The Labute approximate surface area is 141 Å². The summed E-state index contributed by atoms with van der Waals surface area (Å²) in [4.78, 5) is 15.5. The summed E-state index contributed by atoms with van der Waals surface area (Å²) in [7, 11) is 1.56. The van der Waals surface area contributed by atoms with E-state index in [0.29, 0.717) is 24.4 Å². The largest absolute Gasteiger partial charge is 0.496 e. The van der Waals surface area contributed by atoms with Gasteiger partial charge in [-0.2, -0.15) is 0 Å². The SMILES string of the molecule is CCN(Cc1ccc(Cl)s1)C(=O)c1ccc(Br)cc1OC. The molecule has 0 radical (unpaired) electrons. The van der Waals surface area contributed by atoms with Crippen LogP contribution in [0.1, 0.15) is 22.2 Å². The predicted molar refractivity (Wildman–Crippen MR) is 90.4 cm³/mol. The van der Waals surface area contributed by atoms with Gasteiger partial charge >= 0.3 is 0 Å². The number of thiophene rings is 1. The van der Waals surface area contributed by atoms with Crippen molar-refractivity contribution in [2.24, 2.45) is 0 Å². The van der Waals surface area contributed by atoms with Crippen LogP contribution < -0.4 is 4.74 Å². The molecule has 0 unspecified atom stereocenters. The van der Waals surface area contributed by atoms with Crippen molar-refractivity contribution in [2.75, 3.05) is 13.7 Å². The number of carbonyl (C=O) groups excluding carboxylic acids is 1. The van der Waals surface area contributed by atoms with Crippen LogP contribution >= 0.6 is 38.9 Å². The Bertz CT molecular complexity index is 644. The molecular formula is C15H15BrClNO2S. The maximum absolute atomic E-state index is 12.7. The summed E-state index contributed by atoms with van der Waals surface area (Å²) in [5.74, 6) is 0.517. The second-order valence-corrected chi connectivity index (χ2v) is 7.09. The fourth-order valence-corrected chi connectivity index (χ4v) is 3.41. The zero-order valence-corrected chi connectivity index (χ0v) is 14.9. The number of nitrogens with zero attached hydrogens (tertiary/aromatic N) is 1. The van der Waals surface area contributed by atoms with Crippen LogP contribution in [0.15, 0.2) is 34.8 Å². The van der Waals surface area contributed by atoms with E-state index in [1.54, 1.807) is 24.1 Å². The summed E-state index contributed by atoms with van der Waals surface area (Å²) in [5, 5.41) is 0. The third kappa shape index (κ3) is 3.99. The maximum Gasteiger partial charge on any atom is 0.257 e. The van der Waals surface area contributed by atoms with E-state index in [1.165, 1.54) is 11.3 Å². The molecule has 112 valence electrons. The summed E-state index contributed by atoms with van der Waals surface area (Å²) in [5.41, 5.74) is 0.560. The molecule has 0 fully saturated rings. The highest BCUT2D eigenvalue weighted by molar-refractivity contribution is 9.10. The van der Waals surface area contributed by atoms with Crippen molar-refractivity contribution < 1.29 is 9.53 Å². The fraction of sp³-hybridized carbons (Fsp3) is 0.267. The number of ether oxygens (including phenoxy) is 1. The van der Waals surface area contributed by atoms with Crippen LogP contribution in [0.4, 0.5) is 0 Å². The Hall–Kier alpha value is -1.04. The zero-order valence-electron chi connectivity index (χ0n) is 11.7. The molecule has 21 heavy (non-hydrogen) atoms. The van der Waals surface area contributed by atoms with E-state index in [1.807, 2.05) is 25.1 Å². The van der Waals surface area contributed by atoms with Crippen molar-refractivity contribution in [3.05, 3.63) is 49.6 Å². The Kier molecular flexibility index (Phi) is 5.67. The average Bonchev–Trinajstić information content (AvgIpc) is 2.89. The van der Waals surface area contributed by atoms with Gasteiger partial charge in [0.05, 0.1) is 23.6 Å². The molecule has 0 N–H and O–H groups in total. The first kappa shape index (κ1) is 16.3. The van der Waals surface area contributed by atoms with Gasteiger partial charge in [0, 0.05) is 15.9 Å². The molecule has 1 amide bonds. The molecule has 0 aliphatic heterocycles. The zero-order chi connectivity index (χ0) is 15.4. The summed E-state index contributed by atoms with van der Waals surface area (Å²) >= 11 is 10.8. The summed E-state index contributed by atoms with van der Waals surface area (Å²) in [6, 6.07) is 9.20. The lowest BCUT2D eigenvalue weighted by atomic mass is 10.1. The Morgan fingerprint density at radius 2 is 2.14 bits per heavy atom. The number of halogens is 2. The number of amides is 1. The molecule has 0 spiro atoms. The molecule has 0 atom stereocenters. The van der Waals surface area contributed by atoms with Gasteiger partial charge in [0.15, 0.2) is 0 Å². The van der Waals surface area contributed by atoms with E-state index >= 15 is 0 Å². The van der Waals surface area contributed by atoms with E-state index in [0.717, 1.165) is 13.7 Å². The number of hydrogen-bond acceptors (Lipinski definition) is 3. The van der Waals surface area contributed by atoms with Gasteiger partial charge in [0.1, 0.15) is 5.75 Å². The molecule has 2 aromatic rings. The first-order chi connectivity index (χ1) is 10.0. The Balaban J connectivity index is 2.23. The van der Waals surface area contributed by atoms with Crippen LogP contribution in [0, 0.1) is 0 Å². The number of hydrogen-bond donors (Lipinski definition) is 0. The van der Waals surface area contributed by atoms with Gasteiger partial charge < -0.3 is 9.64 Å². The van der Waals surface area contributed by atoms with Crippen molar-refractivity contribution in [3.63, 3.8) is 0 Å². The second kappa shape index (κ2) is 7.29. The molecule has 1 aromatic carbocycles. The summed E-state index contributed by atoms with van der Waals surface area (Å²) in [6.45, 7) is 3.12. The molecule has 0 aliphatic carbocycles. The average molecular weight is 389 g/mol. The van der Waals surface area contributed by atoms with Crippen LogP contribution in [0.25, 0.3) is 0 Å². The highest BCUT2D eigenvalue weighted by Gasteiger charge is 2.19. The number of benzene rings is 1. The topological polar surface area (TPSA) is 29.5 Å². The van der Waals surface area contributed by atoms with Crippen LogP contribution in [0.2, 0.25) is 4.34 Å². The van der Waals surface area contributed by atoms with E-state index in [2.05, 4.69) is 15.9 Å². The van der Waals surface area contributed by atoms with Crippen LogP contribution in [0.3, 0.4) is 0 Å². The summed E-state index contributed by atoms with van der Waals surface area (Å²) < 4.78 is 6.91. The summed E-state index contributed by atoms with van der Waals surface area (Å²) in [6.07, 6.45) is 0. The molecule has 0 saturated carbocycles. The molecule has 2 rings (SSSR count). The highest BCUT2D eigenvalue weighted by Crippen LogP contribution is 2.27. The lowest BCUT2D eigenvalue weighted by Crippen LogP contribution is -2.30. The van der Waals surface area contributed by atoms with Crippen molar-refractivity contribution in [3.8, 4) is 5.75 Å². The molecule has 6 heteroatoms. The van der Waals surface area contributed by atoms with Crippen LogP contribution in [0.5, 0.6) is 5.75 Å². The van der Waals surface area contributed by atoms with Gasteiger partial charge in [-0.3, -0.25) is 4.79 Å². The number of rotatable bonds is 5. The van der Waals surface area contributed by atoms with E-state index in [9.17, 15) is 4.79 Å². The van der Waals surface area contributed by atoms with Crippen LogP contribution in [-0.2, 0) is 6.54 Å². The van der Waals surface area contributed by atoms with Crippen molar-refractivity contribution in [1.82, 2.24) is 4.90 Å². The molecular weight excluding hydrogens is 374 g/mol. The molecule has 0 aliphatic rings. The maximum atomic E-state index is 12.7. The van der Waals surface area contributed by atoms with Crippen molar-refractivity contribution in [1.29, 1.82) is 0 Å². The molecule has 0 bridgehead atoms. The molecule has 1 aromatic heterocycles. The Morgan fingerprint density at radius 3 is 2.71 bits per heavy atom. The first-order valence-corrected chi connectivity index (χ1v) is 8.41. The molecule has 3 nitrogen and oxygen atoms in total. The quantitative estimate of drug-likeness (QED) is 0.734. The molecule has 0 saturated heterocycles. The van der Waals surface area contributed by atoms with Crippen molar-refractivity contribution >= 4 is 44.8 Å². The minimum atomic E-state index is -0.0497. The monoisotopic (exact) mass is 387 g/mol. The lowest BCUT2D eigenvalue weighted by molar-refractivity contribution is 0.0751. The lowest BCUT2D eigenvalue weighted by Gasteiger charge is -2.21. The predicted octanol–water partition coefficient (Wildman–Crippen LogP) is 4.83. The third-order valence-corrected chi connectivity index (χ3v) is 4.75. The number of methoxy groups -OCH3 is 1. The van der Waals surface area contributed by atoms with Gasteiger partial charge in [0.2, 0.25) is 0 Å². The fourth-order valence-electron chi connectivity index (χ4n) is 1.96. The smallest absolute Gasteiger partial charge is 0.257 e. The first-order valence-electron chi connectivity index (χ1n) is 6.42. The minimum Gasteiger partial charge on any atom is -0.496 e. The minimum absolute atomic E-state index is 0.0497. The number of carbonyl (C=O) groups is 1. The van der Waals surface area contributed by atoms with E-state index < -0.39 is 0 Å². The van der Waals surface area contributed by atoms with Gasteiger partial charge in [-0.25, -0.2) is 0 Å². The van der Waals surface area contributed by atoms with Gasteiger partial charge in [-0.15, -0.1) is 11.3 Å². The highest BCUT2D eigenvalue weighted by atomic mass is 79.9. The molecule has 1 heterocycles. The van der Waals surface area contributed by atoms with Gasteiger partial charge in [-0.05, 0) is 37.3 Å². The Morgan fingerprint density at radius 1 is 1.38 bits per heavy atom.